The number of ether oxygens (including phenoxy) is 2. The van der Waals surface area contributed by atoms with E-state index in [1.165, 1.54) is 0 Å². The van der Waals surface area contributed by atoms with Crippen LogP contribution >= 0.6 is 0 Å². The Balaban J connectivity index is 1.16. The van der Waals surface area contributed by atoms with Crippen LogP contribution < -0.4 is 20.3 Å². The Hall–Kier alpha value is -3.32. The van der Waals surface area contributed by atoms with Crippen molar-refractivity contribution in [1.29, 1.82) is 0 Å². The lowest BCUT2D eigenvalue weighted by Gasteiger charge is -2.32. The molecule has 2 aromatic carbocycles. The maximum Gasteiger partial charge on any atom is 0.251 e. The molecule has 1 amide bonds. The lowest BCUT2D eigenvalue weighted by molar-refractivity contribution is 0.0909. The Bertz CT molecular complexity index is 1230. The molecule has 0 unspecified atom stereocenters. The number of pyridine rings is 1. The van der Waals surface area contributed by atoms with Crippen LogP contribution in [0.2, 0.25) is 0 Å². The minimum absolute atomic E-state index is 0.0367. The highest BCUT2D eigenvalue weighted by Gasteiger charge is 2.22. The standard InChI is InChI=1S/C26H29N3O4/c1-18-2-3-19-5-7-25(30)29(22(19)16-18)13-12-28-10-8-21(9-11-28)27-26(31)20-4-6-23-24(17-20)33-15-14-32-23/h2-7,16-17,21H,8-15H2,1H3,(H,27,31). The summed E-state index contributed by atoms with van der Waals surface area (Å²) >= 11 is 0. The van der Waals surface area contributed by atoms with Gasteiger partial charge in [-0.15, -0.1) is 0 Å². The van der Waals surface area contributed by atoms with E-state index in [2.05, 4.69) is 28.4 Å². The molecule has 33 heavy (non-hydrogen) atoms. The van der Waals surface area contributed by atoms with Gasteiger partial charge in [-0.3, -0.25) is 9.59 Å². The summed E-state index contributed by atoms with van der Waals surface area (Å²) in [5, 5.41) is 4.24. The van der Waals surface area contributed by atoms with E-state index in [0.29, 0.717) is 36.8 Å². The van der Waals surface area contributed by atoms with Crippen molar-refractivity contribution in [3.63, 3.8) is 0 Å². The van der Waals surface area contributed by atoms with Crippen molar-refractivity contribution in [2.75, 3.05) is 32.8 Å². The minimum Gasteiger partial charge on any atom is -0.486 e. The van der Waals surface area contributed by atoms with Crippen molar-refractivity contribution in [2.45, 2.75) is 32.4 Å². The molecule has 3 aromatic rings. The zero-order chi connectivity index (χ0) is 22.8. The van der Waals surface area contributed by atoms with Gasteiger partial charge in [0.1, 0.15) is 13.2 Å². The van der Waals surface area contributed by atoms with Gasteiger partial charge in [0.05, 0.1) is 5.52 Å². The van der Waals surface area contributed by atoms with Gasteiger partial charge in [0.25, 0.3) is 11.5 Å². The van der Waals surface area contributed by atoms with Crippen LogP contribution in [0.3, 0.4) is 0 Å². The first-order valence-electron chi connectivity index (χ1n) is 11.6. The number of nitrogens with one attached hydrogen (secondary N) is 1. The largest absolute Gasteiger partial charge is 0.486 e. The number of nitrogens with zero attached hydrogens (tertiary/aromatic N) is 2. The molecule has 1 aromatic heterocycles. The SMILES string of the molecule is Cc1ccc2ccc(=O)n(CCN3CCC(NC(=O)c4ccc5c(c4)OCCO5)CC3)c2c1. The second kappa shape index (κ2) is 9.27. The van der Waals surface area contributed by atoms with E-state index in [4.69, 9.17) is 9.47 Å². The van der Waals surface area contributed by atoms with Gasteiger partial charge in [-0.25, -0.2) is 0 Å². The lowest BCUT2D eigenvalue weighted by Crippen LogP contribution is -2.45. The fourth-order valence-corrected chi connectivity index (χ4v) is 4.62. The summed E-state index contributed by atoms with van der Waals surface area (Å²) < 4.78 is 13.0. The summed E-state index contributed by atoms with van der Waals surface area (Å²) in [5.74, 6) is 1.23. The molecule has 0 radical (unpaired) electrons. The highest BCUT2D eigenvalue weighted by atomic mass is 16.6. The summed E-state index contributed by atoms with van der Waals surface area (Å²) in [6.07, 6.45) is 1.78. The fraction of sp³-hybridized carbons (Fsp3) is 0.385. The van der Waals surface area contributed by atoms with Gasteiger partial charge < -0.3 is 24.3 Å². The van der Waals surface area contributed by atoms with Crippen LogP contribution in [0.15, 0.2) is 53.3 Å². The Morgan fingerprint density at radius 3 is 2.55 bits per heavy atom. The normalized spacial score (nSPS) is 16.6. The number of piperidine rings is 1. The molecule has 5 rings (SSSR count). The first-order valence-corrected chi connectivity index (χ1v) is 11.6. The van der Waals surface area contributed by atoms with Crippen LogP contribution in [-0.4, -0.2) is 54.3 Å². The van der Waals surface area contributed by atoms with Crippen molar-refractivity contribution in [1.82, 2.24) is 14.8 Å². The summed E-state index contributed by atoms with van der Waals surface area (Å²) in [7, 11) is 0. The maximum absolute atomic E-state index is 12.7. The van der Waals surface area contributed by atoms with E-state index in [1.807, 2.05) is 17.6 Å². The summed E-state index contributed by atoms with van der Waals surface area (Å²) in [6, 6.07) is 15.2. The van der Waals surface area contributed by atoms with Crippen molar-refractivity contribution >= 4 is 16.8 Å². The van der Waals surface area contributed by atoms with Crippen molar-refractivity contribution < 1.29 is 14.3 Å². The predicted molar refractivity (Wildman–Crippen MR) is 127 cm³/mol. The minimum atomic E-state index is -0.0805. The number of benzene rings is 2. The molecular formula is C26H29N3O4. The quantitative estimate of drug-likeness (QED) is 0.651. The van der Waals surface area contributed by atoms with E-state index in [0.717, 1.165) is 48.9 Å². The van der Waals surface area contributed by atoms with Gasteiger partial charge in [0, 0.05) is 43.9 Å². The van der Waals surface area contributed by atoms with Crippen LogP contribution in [-0.2, 0) is 6.54 Å². The molecule has 7 nitrogen and oxygen atoms in total. The zero-order valence-electron chi connectivity index (χ0n) is 18.9. The summed E-state index contributed by atoms with van der Waals surface area (Å²) in [4.78, 5) is 27.6. The van der Waals surface area contributed by atoms with E-state index in [-0.39, 0.29) is 17.5 Å². The Labute approximate surface area is 192 Å². The third-order valence-electron chi connectivity index (χ3n) is 6.52. The Kier molecular flexibility index (Phi) is 6.05. The predicted octanol–water partition coefficient (Wildman–Crippen LogP) is 2.98. The van der Waals surface area contributed by atoms with E-state index >= 15 is 0 Å². The molecule has 2 aliphatic rings. The van der Waals surface area contributed by atoms with Gasteiger partial charge in [-0.1, -0.05) is 12.1 Å². The highest BCUT2D eigenvalue weighted by Crippen LogP contribution is 2.30. The number of fused-ring (bicyclic) bond motifs is 2. The van der Waals surface area contributed by atoms with Gasteiger partial charge in [-0.2, -0.15) is 0 Å². The van der Waals surface area contributed by atoms with E-state index < -0.39 is 0 Å². The number of aryl methyl sites for hydroxylation is 1. The number of rotatable bonds is 5. The van der Waals surface area contributed by atoms with Crippen LogP contribution in [0, 0.1) is 6.92 Å². The van der Waals surface area contributed by atoms with Crippen LogP contribution in [0.4, 0.5) is 0 Å². The average Bonchev–Trinajstić information content (AvgIpc) is 2.84. The lowest BCUT2D eigenvalue weighted by atomic mass is 10.0. The van der Waals surface area contributed by atoms with Gasteiger partial charge in [-0.05, 0) is 61.0 Å². The average molecular weight is 448 g/mol. The fourth-order valence-electron chi connectivity index (χ4n) is 4.62. The first-order chi connectivity index (χ1) is 16.1. The van der Waals surface area contributed by atoms with E-state index in [9.17, 15) is 9.59 Å². The molecule has 1 fully saturated rings. The highest BCUT2D eigenvalue weighted by molar-refractivity contribution is 5.95. The molecule has 172 valence electrons. The molecular weight excluding hydrogens is 418 g/mol. The molecule has 0 spiro atoms. The summed E-state index contributed by atoms with van der Waals surface area (Å²) in [6.45, 7) is 6.34. The molecule has 7 heteroatoms. The second-order valence-corrected chi connectivity index (χ2v) is 8.83. The molecule has 2 aliphatic heterocycles. The molecule has 1 saturated heterocycles. The number of likely N-dealkylation sites (tertiary alicyclic amines) is 1. The Morgan fingerprint density at radius 2 is 1.73 bits per heavy atom. The number of hydrogen-bond donors (Lipinski definition) is 1. The van der Waals surface area contributed by atoms with Gasteiger partial charge in [0.2, 0.25) is 0 Å². The number of aromatic nitrogens is 1. The Morgan fingerprint density at radius 1 is 0.970 bits per heavy atom. The van der Waals surface area contributed by atoms with Crippen LogP contribution in [0.5, 0.6) is 11.5 Å². The smallest absolute Gasteiger partial charge is 0.251 e. The van der Waals surface area contributed by atoms with Crippen molar-refractivity contribution in [2.24, 2.45) is 0 Å². The zero-order valence-corrected chi connectivity index (χ0v) is 18.9. The van der Waals surface area contributed by atoms with Gasteiger partial charge >= 0.3 is 0 Å². The van der Waals surface area contributed by atoms with Crippen LogP contribution in [0.25, 0.3) is 10.9 Å². The molecule has 0 bridgehead atoms. The van der Waals surface area contributed by atoms with E-state index in [1.54, 1.807) is 24.3 Å². The molecule has 0 atom stereocenters. The number of amides is 1. The molecule has 1 N–H and O–H groups in total. The number of hydrogen-bond acceptors (Lipinski definition) is 5. The van der Waals surface area contributed by atoms with Crippen molar-refractivity contribution in [3.8, 4) is 11.5 Å². The summed E-state index contributed by atoms with van der Waals surface area (Å²) in [5.41, 5.74) is 2.77. The number of carbonyl (C=O) groups is 1. The molecule has 3 heterocycles. The van der Waals surface area contributed by atoms with Crippen molar-refractivity contribution in [3.05, 3.63) is 70.0 Å². The third-order valence-corrected chi connectivity index (χ3v) is 6.52. The molecule has 0 saturated carbocycles. The topological polar surface area (TPSA) is 72.8 Å². The monoisotopic (exact) mass is 447 g/mol. The maximum atomic E-state index is 12.7. The first kappa shape index (κ1) is 21.5. The third kappa shape index (κ3) is 4.73. The second-order valence-electron chi connectivity index (χ2n) is 8.83. The van der Waals surface area contributed by atoms with Gasteiger partial charge in [0.15, 0.2) is 11.5 Å². The number of carbonyl (C=O) groups excluding carboxylic acids is 1. The van der Waals surface area contributed by atoms with Crippen LogP contribution in [0.1, 0.15) is 28.8 Å². The molecule has 0 aliphatic carbocycles.